The smallest absolute Gasteiger partial charge is 0.325 e. The summed E-state index contributed by atoms with van der Waals surface area (Å²) in [5, 5.41) is 14.1. The number of esters is 1. The van der Waals surface area contributed by atoms with Crippen molar-refractivity contribution in [3.05, 3.63) is 23.9 Å². The Morgan fingerprint density at radius 3 is 1.97 bits per heavy atom. The van der Waals surface area contributed by atoms with Gasteiger partial charge in [-0.2, -0.15) is 0 Å². The molecule has 12 nitrogen and oxygen atoms in total. The second kappa shape index (κ2) is 17.6. The van der Waals surface area contributed by atoms with Crippen LogP contribution in [0.2, 0.25) is 0 Å². The molecule has 0 fully saturated rings. The van der Waals surface area contributed by atoms with Gasteiger partial charge in [0.15, 0.2) is 0 Å². The van der Waals surface area contributed by atoms with Crippen molar-refractivity contribution >= 4 is 23.7 Å². The van der Waals surface area contributed by atoms with Crippen LogP contribution in [0.25, 0.3) is 0 Å². The molecule has 1 amide bonds. The fourth-order valence-corrected chi connectivity index (χ4v) is 2.43. The van der Waals surface area contributed by atoms with Crippen LogP contribution in [-0.4, -0.2) is 99.5 Å². The topological polar surface area (TPSA) is 155 Å². The normalized spacial score (nSPS) is 11.2. The van der Waals surface area contributed by atoms with Gasteiger partial charge < -0.3 is 39.4 Å². The van der Waals surface area contributed by atoms with Crippen molar-refractivity contribution in [2.45, 2.75) is 32.8 Å². The van der Waals surface area contributed by atoms with E-state index in [1.54, 1.807) is 32.9 Å². The molecule has 0 atom stereocenters. The molecule has 0 unspecified atom stereocenters. The van der Waals surface area contributed by atoms with Gasteiger partial charge in [-0.05, 0) is 32.9 Å². The highest BCUT2D eigenvalue weighted by molar-refractivity contribution is 5.94. The summed E-state index contributed by atoms with van der Waals surface area (Å²) in [7, 11) is 0. The van der Waals surface area contributed by atoms with Crippen LogP contribution in [0.15, 0.2) is 18.3 Å². The van der Waals surface area contributed by atoms with Crippen LogP contribution in [0, 0.1) is 0 Å². The lowest BCUT2D eigenvalue weighted by Gasteiger charge is -2.19. The average Bonchev–Trinajstić information content (AvgIpc) is 2.79. The minimum atomic E-state index is -0.890. The first-order chi connectivity index (χ1) is 16.7. The molecule has 0 bridgehead atoms. The number of hydrogen-bond donors (Lipinski definition) is 3. The molecule has 1 heterocycles. The van der Waals surface area contributed by atoms with Crippen LogP contribution < -0.4 is 10.6 Å². The summed E-state index contributed by atoms with van der Waals surface area (Å²) < 4.78 is 26.3. The number of anilines is 1. The first-order valence-electron chi connectivity index (χ1n) is 11.4. The molecule has 0 aliphatic carbocycles. The van der Waals surface area contributed by atoms with E-state index in [2.05, 4.69) is 15.6 Å². The van der Waals surface area contributed by atoms with Gasteiger partial charge in [-0.25, -0.2) is 4.98 Å². The number of nitrogens with zero attached hydrogens (tertiary/aromatic N) is 1. The fraction of sp³-hybridized carbons (Fsp3) is 0.652. The summed E-state index contributed by atoms with van der Waals surface area (Å²) >= 11 is 0. The van der Waals surface area contributed by atoms with Gasteiger partial charge in [0, 0.05) is 12.7 Å². The number of aromatic nitrogens is 1. The van der Waals surface area contributed by atoms with Gasteiger partial charge in [-0.15, -0.1) is 0 Å². The van der Waals surface area contributed by atoms with E-state index in [1.807, 2.05) is 0 Å². The maximum absolute atomic E-state index is 12.2. The van der Waals surface area contributed by atoms with Gasteiger partial charge in [0.2, 0.25) is 0 Å². The van der Waals surface area contributed by atoms with Crippen molar-refractivity contribution in [2.75, 3.05) is 71.3 Å². The predicted molar refractivity (Wildman–Crippen MR) is 126 cm³/mol. The summed E-state index contributed by atoms with van der Waals surface area (Å²) in [5.41, 5.74) is -0.160. The fourth-order valence-electron chi connectivity index (χ4n) is 2.43. The van der Waals surface area contributed by atoms with Crippen molar-refractivity contribution in [2.24, 2.45) is 0 Å². The maximum atomic E-state index is 12.2. The molecule has 12 heteroatoms. The number of amides is 1. The monoisotopic (exact) mass is 499 g/mol. The third kappa shape index (κ3) is 17.3. The number of hydrogen-bond acceptors (Lipinski definition) is 10. The van der Waals surface area contributed by atoms with Crippen LogP contribution in [0.4, 0.5) is 5.82 Å². The first kappa shape index (κ1) is 30.2. The molecule has 0 aliphatic heterocycles. The third-order valence-corrected chi connectivity index (χ3v) is 3.97. The van der Waals surface area contributed by atoms with E-state index >= 15 is 0 Å². The van der Waals surface area contributed by atoms with E-state index < -0.39 is 17.5 Å². The lowest BCUT2D eigenvalue weighted by Crippen LogP contribution is -2.28. The number of carbonyl (C=O) groups is 3. The Kier molecular flexibility index (Phi) is 15.2. The summed E-state index contributed by atoms with van der Waals surface area (Å²) in [5.74, 6) is -1.10. The highest BCUT2D eigenvalue weighted by atomic mass is 16.6. The average molecular weight is 500 g/mol. The highest BCUT2D eigenvalue weighted by Crippen LogP contribution is 2.08. The second-order valence-electron chi connectivity index (χ2n) is 8.22. The number of carboxylic acids is 1. The molecule has 1 rings (SSSR count). The van der Waals surface area contributed by atoms with Crippen molar-refractivity contribution < 1.29 is 43.2 Å². The van der Waals surface area contributed by atoms with E-state index in [-0.39, 0.29) is 25.5 Å². The van der Waals surface area contributed by atoms with Crippen molar-refractivity contribution in [1.29, 1.82) is 0 Å². The van der Waals surface area contributed by atoms with E-state index in [1.165, 1.54) is 6.20 Å². The Morgan fingerprint density at radius 2 is 1.46 bits per heavy atom. The van der Waals surface area contributed by atoms with Gasteiger partial charge in [0.05, 0.1) is 64.8 Å². The zero-order valence-corrected chi connectivity index (χ0v) is 20.7. The summed E-state index contributed by atoms with van der Waals surface area (Å²) in [6.45, 7) is 8.51. The summed E-state index contributed by atoms with van der Waals surface area (Å²) in [6, 6.07) is 3.22. The molecule has 0 saturated heterocycles. The largest absolute Gasteiger partial charge is 0.481 e. The quantitative estimate of drug-likeness (QED) is 0.185. The molecule has 0 radical (unpaired) electrons. The Labute approximate surface area is 205 Å². The van der Waals surface area contributed by atoms with Crippen molar-refractivity contribution in [1.82, 2.24) is 10.3 Å². The van der Waals surface area contributed by atoms with Crippen LogP contribution in [0.5, 0.6) is 0 Å². The zero-order chi connectivity index (χ0) is 25.9. The Morgan fingerprint density at radius 1 is 0.886 bits per heavy atom. The van der Waals surface area contributed by atoms with E-state index in [0.29, 0.717) is 64.2 Å². The zero-order valence-electron chi connectivity index (χ0n) is 20.7. The number of aliphatic carboxylic acids is 1. The van der Waals surface area contributed by atoms with E-state index in [0.717, 1.165) is 0 Å². The van der Waals surface area contributed by atoms with Crippen molar-refractivity contribution in [3.63, 3.8) is 0 Å². The summed E-state index contributed by atoms with van der Waals surface area (Å²) in [4.78, 5) is 38.3. The van der Waals surface area contributed by atoms with Gasteiger partial charge in [0.1, 0.15) is 18.0 Å². The van der Waals surface area contributed by atoms with Crippen LogP contribution in [-0.2, 0) is 33.3 Å². The lowest BCUT2D eigenvalue weighted by molar-refractivity contribution is -0.152. The summed E-state index contributed by atoms with van der Waals surface area (Å²) in [6.07, 6.45) is 1.40. The van der Waals surface area contributed by atoms with Gasteiger partial charge in [-0.1, -0.05) is 0 Å². The standard InChI is InChI=1S/C23H37N3O9/c1-23(2,3)35-21(29)17-26-19-5-4-18(16-25-19)22(30)24-7-9-32-11-13-34-15-14-33-12-10-31-8-6-20(27)28/h4-5,16H,6-15,17H2,1-3H3,(H,24,30)(H,25,26)(H,27,28). The minimum Gasteiger partial charge on any atom is -0.481 e. The number of carbonyl (C=O) groups excluding carboxylic acids is 2. The molecule has 0 spiro atoms. The highest BCUT2D eigenvalue weighted by Gasteiger charge is 2.16. The van der Waals surface area contributed by atoms with Crippen molar-refractivity contribution in [3.8, 4) is 0 Å². The SMILES string of the molecule is CC(C)(C)OC(=O)CNc1ccc(C(=O)NCCOCCOCCOCCOCCC(=O)O)cn1. The van der Waals surface area contributed by atoms with Crippen LogP contribution in [0.3, 0.4) is 0 Å². The van der Waals surface area contributed by atoms with Crippen LogP contribution >= 0.6 is 0 Å². The molecule has 35 heavy (non-hydrogen) atoms. The molecular formula is C23H37N3O9. The Hall–Kier alpha value is -2.80. The molecule has 1 aromatic heterocycles. The Balaban J connectivity index is 2.00. The number of nitrogens with one attached hydrogen (secondary N) is 2. The maximum Gasteiger partial charge on any atom is 0.325 e. The van der Waals surface area contributed by atoms with Gasteiger partial charge in [-0.3, -0.25) is 14.4 Å². The molecule has 0 saturated carbocycles. The molecule has 198 valence electrons. The first-order valence-corrected chi connectivity index (χ1v) is 11.4. The number of ether oxygens (including phenoxy) is 5. The molecule has 0 aliphatic rings. The Bertz CT molecular complexity index is 752. The number of carboxylic acid groups (broad SMARTS) is 1. The number of pyridine rings is 1. The second-order valence-corrected chi connectivity index (χ2v) is 8.22. The lowest BCUT2D eigenvalue weighted by atomic mass is 10.2. The third-order valence-electron chi connectivity index (χ3n) is 3.97. The molecule has 3 N–H and O–H groups in total. The molecular weight excluding hydrogens is 462 g/mol. The van der Waals surface area contributed by atoms with Crippen LogP contribution in [0.1, 0.15) is 37.6 Å². The molecule has 0 aromatic carbocycles. The number of rotatable bonds is 19. The van der Waals surface area contributed by atoms with E-state index in [9.17, 15) is 14.4 Å². The van der Waals surface area contributed by atoms with E-state index in [4.69, 9.17) is 28.8 Å². The van der Waals surface area contributed by atoms with Gasteiger partial charge in [0.25, 0.3) is 5.91 Å². The van der Waals surface area contributed by atoms with Gasteiger partial charge >= 0.3 is 11.9 Å². The minimum absolute atomic E-state index is 0.0188. The predicted octanol–water partition coefficient (Wildman–Crippen LogP) is 1.11. The molecule has 1 aromatic rings.